The summed E-state index contributed by atoms with van der Waals surface area (Å²) in [7, 11) is 0. The van der Waals surface area contributed by atoms with Gasteiger partial charge < -0.3 is 20.6 Å². The molecule has 0 saturated carbocycles. The van der Waals surface area contributed by atoms with E-state index in [1.165, 1.54) is 238 Å². The van der Waals surface area contributed by atoms with Gasteiger partial charge in [-0.3, -0.25) is 4.79 Å². The van der Waals surface area contributed by atoms with E-state index in [0.29, 0.717) is 12.8 Å². The van der Waals surface area contributed by atoms with Gasteiger partial charge in [0.15, 0.2) is 0 Å². The highest BCUT2D eigenvalue weighted by molar-refractivity contribution is 5.76. The standard InChI is InChI=1S/C52H105NO4/c1-3-5-7-9-11-13-14-15-16-17-18-19-20-21-22-23-24-25-26-27-28-29-30-31-32-33-34-35-36-37-39-41-43-45-47-51(56)53-49(48-54)52(57)50(55)46-44-42-40-38-12-10-8-6-4-2/h49-50,52,54-55,57H,3-48H2,1-2H3,(H,53,56)/t49-,50+,52-/m0/s1. The van der Waals surface area contributed by atoms with Gasteiger partial charge in [-0.2, -0.15) is 0 Å². The third kappa shape index (κ3) is 43.3. The second-order valence-corrected chi connectivity index (χ2v) is 18.4. The molecule has 0 aliphatic carbocycles. The zero-order valence-electron chi connectivity index (χ0n) is 39.0. The van der Waals surface area contributed by atoms with Crippen LogP contribution in [0.25, 0.3) is 0 Å². The molecule has 342 valence electrons. The van der Waals surface area contributed by atoms with Crippen molar-refractivity contribution in [1.29, 1.82) is 0 Å². The average molecular weight is 808 g/mol. The summed E-state index contributed by atoms with van der Waals surface area (Å²) in [5.41, 5.74) is 0. The number of aliphatic hydroxyl groups is 3. The molecule has 3 atom stereocenters. The average Bonchev–Trinajstić information content (AvgIpc) is 3.22. The molecule has 0 aliphatic heterocycles. The molecule has 0 aromatic rings. The van der Waals surface area contributed by atoms with Gasteiger partial charge in [-0.1, -0.05) is 284 Å². The van der Waals surface area contributed by atoms with Crippen LogP contribution in [0.4, 0.5) is 0 Å². The van der Waals surface area contributed by atoms with Gasteiger partial charge in [-0.15, -0.1) is 0 Å². The van der Waals surface area contributed by atoms with Gasteiger partial charge in [0.05, 0.1) is 18.8 Å². The van der Waals surface area contributed by atoms with Crippen molar-refractivity contribution in [2.24, 2.45) is 0 Å². The zero-order chi connectivity index (χ0) is 41.5. The number of aliphatic hydroxyl groups excluding tert-OH is 3. The third-order valence-electron chi connectivity index (χ3n) is 12.7. The van der Waals surface area contributed by atoms with Crippen molar-refractivity contribution in [1.82, 2.24) is 5.32 Å². The monoisotopic (exact) mass is 808 g/mol. The van der Waals surface area contributed by atoms with E-state index < -0.39 is 18.2 Å². The first-order valence-corrected chi connectivity index (χ1v) is 26.3. The lowest BCUT2D eigenvalue weighted by molar-refractivity contribution is -0.124. The van der Waals surface area contributed by atoms with Crippen molar-refractivity contribution in [3.05, 3.63) is 0 Å². The molecule has 4 N–H and O–H groups in total. The van der Waals surface area contributed by atoms with Crippen LogP contribution in [0.15, 0.2) is 0 Å². The van der Waals surface area contributed by atoms with Crippen molar-refractivity contribution in [3.63, 3.8) is 0 Å². The minimum atomic E-state index is -1.13. The molecular formula is C52H105NO4. The van der Waals surface area contributed by atoms with Gasteiger partial charge in [0.2, 0.25) is 5.91 Å². The predicted octanol–water partition coefficient (Wildman–Crippen LogP) is 15.8. The summed E-state index contributed by atoms with van der Waals surface area (Å²) >= 11 is 0. The Morgan fingerprint density at radius 2 is 0.596 bits per heavy atom. The lowest BCUT2D eigenvalue weighted by atomic mass is 9.99. The molecule has 5 nitrogen and oxygen atoms in total. The Morgan fingerprint density at radius 1 is 0.368 bits per heavy atom. The maximum Gasteiger partial charge on any atom is 0.220 e. The maximum atomic E-state index is 12.4. The summed E-state index contributed by atoms with van der Waals surface area (Å²) in [5.74, 6) is -0.140. The summed E-state index contributed by atoms with van der Waals surface area (Å²) < 4.78 is 0. The molecule has 57 heavy (non-hydrogen) atoms. The molecule has 0 heterocycles. The topological polar surface area (TPSA) is 89.8 Å². The van der Waals surface area contributed by atoms with Crippen molar-refractivity contribution in [2.75, 3.05) is 6.61 Å². The Bertz CT molecular complexity index is 762. The lowest BCUT2D eigenvalue weighted by Crippen LogP contribution is -2.50. The van der Waals surface area contributed by atoms with E-state index in [1.54, 1.807) is 0 Å². The third-order valence-corrected chi connectivity index (χ3v) is 12.7. The van der Waals surface area contributed by atoms with Crippen LogP contribution in [0, 0.1) is 0 Å². The van der Waals surface area contributed by atoms with Gasteiger partial charge in [-0.25, -0.2) is 0 Å². The van der Waals surface area contributed by atoms with Crippen LogP contribution in [0.2, 0.25) is 0 Å². The largest absolute Gasteiger partial charge is 0.394 e. The summed E-state index contributed by atoms with van der Waals surface area (Å²) in [4.78, 5) is 12.4. The fourth-order valence-electron chi connectivity index (χ4n) is 8.64. The Balaban J connectivity index is 3.38. The Kier molecular flexibility index (Phi) is 47.5. The molecule has 0 saturated heterocycles. The molecular weight excluding hydrogens is 703 g/mol. The van der Waals surface area contributed by atoms with Crippen LogP contribution in [-0.2, 0) is 4.79 Å². The molecule has 0 rings (SSSR count). The van der Waals surface area contributed by atoms with Crippen LogP contribution >= 0.6 is 0 Å². The number of amides is 1. The first-order chi connectivity index (χ1) is 28.1. The highest BCUT2D eigenvalue weighted by Crippen LogP contribution is 2.18. The van der Waals surface area contributed by atoms with Crippen LogP contribution < -0.4 is 5.32 Å². The number of rotatable bonds is 49. The normalized spacial score (nSPS) is 13.3. The Labute approximate surface area is 357 Å². The van der Waals surface area contributed by atoms with E-state index in [0.717, 1.165) is 38.5 Å². The lowest BCUT2D eigenvalue weighted by Gasteiger charge is -2.26. The molecule has 0 fully saturated rings. The van der Waals surface area contributed by atoms with Gasteiger partial charge in [0.1, 0.15) is 6.10 Å². The number of unbranched alkanes of at least 4 members (excludes halogenated alkanes) is 41. The van der Waals surface area contributed by atoms with Gasteiger partial charge in [0, 0.05) is 6.42 Å². The highest BCUT2D eigenvalue weighted by Gasteiger charge is 2.26. The molecule has 0 radical (unpaired) electrons. The maximum absolute atomic E-state index is 12.4. The zero-order valence-corrected chi connectivity index (χ0v) is 39.0. The van der Waals surface area contributed by atoms with E-state index >= 15 is 0 Å². The molecule has 0 aromatic heterocycles. The van der Waals surface area contributed by atoms with Crippen molar-refractivity contribution >= 4 is 5.91 Å². The fraction of sp³-hybridized carbons (Fsp3) is 0.981. The second kappa shape index (κ2) is 48.0. The number of hydrogen-bond acceptors (Lipinski definition) is 4. The van der Waals surface area contributed by atoms with Gasteiger partial charge in [-0.05, 0) is 12.8 Å². The summed E-state index contributed by atoms with van der Waals surface area (Å²) in [5, 5.41) is 33.4. The van der Waals surface area contributed by atoms with E-state index in [1.807, 2.05) is 0 Å². The first-order valence-electron chi connectivity index (χ1n) is 26.3. The van der Waals surface area contributed by atoms with Crippen molar-refractivity contribution in [2.45, 2.75) is 321 Å². The Morgan fingerprint density at radius 3 is 0.842 bits per heavy atom. The van der Waals surface area contributed by atoms with Crippen LogP contribution in [-0.4, -0.2) is 46.1 Å². The molecule has 0 spiro atoms. The van der Waals surface area contributed by atoms with E-state index in [-0.39, 0.29) is 12.5 Å². The summed E-state index contributed by atoms with van der Waals surface area (Å²) in [6.07, 6.45) is 57.1. The minimum Gasteiger partial charge on any atom is -0.394 e. The predicted molar refractivity (Wildman–Crippen MR) is 250 cm³/mol. The molecule has 0 unspecified atom stereocenters. The van der Waals surface area contributed by atoms with E-state index in [9.17, 15) is 20.1 Å². The quantitative estimate of drug-likeness (QED) is 0.0461. The van der Waals surface area contributed by atoms with Crippen molar-refractivity contribution in [3.8, 4) is 0 Å². The van der Waals surface area contributed by atoms with Crippen LogP contribution in [0.5, 0.6) is 0 Å². The van der Waals surface area contributed by atoms with E-state index in [4.69, 9.17) is 0 Å². The van der Waals surface area contributed by atoms with Gasteiger partial charge in [0.25, 0.3) is 0 Å². The molecule has 1 amide bonds. The van der Waals surface area contributed by atoms with Crippen molar-refractivity contribution < 1.29 is 20.1 Å². The first kappa shape index (κ1) is 56.4. The SMILES string of the molecule is CCCCCCCCCCCCCCCCCCCCCCCCCCCCCCCCCCCCC(=O)N[C@@H](CO)[C@H](O)[C@H](O)CCCCCCCCCCC. The minimum absolute atomic E-state index is 0.140. The molecule has 0 aromatic carbocycles. The summed E-state index contributed by atoms with van der Waals surface area (Å²) in [6.45, 7) is 4.18. The second-order valence-electron chi connectivity index (χ2n) is 18.4. The highest BCUT2D eigenvalue weighted by atomic mass is 16.3. The number of carbonyl (C=O) groups excluding carboxylic acids is 1. The fourth-order valence-corrected chi connectivity index (χ4v) is 8.64. The molecule has 0 bridgehead atoms. The van der Waals surface area contributed by atoms with Crippen LogP contribution in [0.3, 0.4) is 0 Å². The van der Waals surface area contributed by atoms with Gasteiger partial charge >= 0.3 is 0 Å². The summed E-state index contributed by atoms with van der Waals surface area (Å²) in [6, 6.07) is -0.802. The smallest absolute Gasteiger partial charge is 0.220 e. The molecule has 0 aliphatic rings. The number of carbonyl (C=O) groups is 1. The number of nitrogens with one attached hydrogen (secondary N) is 1. The number of hydrogen-bond donors (Lipinski definition) is 4. The van der Waals surface area contributed by atoms with Crippen LogP contribution in [0.1, 0.15) is 303 Å². The molecule has 5 heteroatoms. The van der Waals surface area contributed by atoms with E-state index in [2.05, 4.69) is 19.2 Å². The Hall–Kier alpha value is -0.650.